The summed E-state index contributed by atoms with van der Waals surface area (Å²) >= 11 is 3.50. The minimum atomic E-state index is -0.654. The van der Waals surface area contributed by atoms with E-state index in [0.717, 1.165) is 12.8 Å². The van der Waals surface area contributed by atoms with Gasteiger partial charge in [-0.05, 0) is 25.0 Å². The van der Waals surface area contributed by atoms with E-state index in [1.165, 1.54) is 18.2 Å². The largest absolute Gasteiger partial charge is 0.342 e. The number of carbonyl (C=O) groups excluding carboxylic acids is 1. The normalized spacial score (nSPS) is 16.9. The van der Waals surface area contributed by atoms with Crippen LogP contribution in [0.1, 0.15) is 18.4 Å². The van der Waals surface area contributed by atoms with Crippen molar-refractivity contribution in [3.63, 3.8) is 0 Å². The molecule has 1 heterocycles. The van der Waals surface area contributed by atoms with Crippen molar-refractivity contribution in [2.24, 2.45) is 0 Å². The summed E-state index contributed by atoms with van der Waals surface area (Å²) in [4.78, 5) is 14.1. The Bertz CT molecular complexity index is 424. The van der Waals surface area contributed by atoms with Crippen LogP contribution < -0.4 is 0 Å². The first-order valence-corrected chi connectivity index (χ1v) is 6.84. The van der Waals surface area contributed by atoms with Gasteiger partial charge in [0.1, 0.15) is 11.6 Å². The van der Waals surface area contributed by atoms with Gasteiger partial charge in [-0.2, -0.15) is 0 Å². The highest BCUT2D eigenvalue weighted by molar-refractivity contribution is 9.09. The number of hydrogen-bond donors (Lipinski definition) is 0. The maximum absolute atomic E-state index is 13.4. The molecule has 98 valence electrons. The van der Waals surface area contributed by atoms with E-state index in [1.807, 2.05) is 0 Å². The van der Waals surface area contributed by atoms with Gasteiger partial charge in [-0.3, -0.25) is 4.79 Å². The fourth-order valence-electron chi connectivity index (χ4n) is 2.06. The number of rotatable bonds is 2. The number of likely N-dealkylation sites (tertiary alicyclic amines) is 1. The third kappa shape index (κ3) is 3.07. The number of halogens is 3. The summed E-state index contributed by atoms with van der Waals surface area (Å²) < 4.78 is 26.8. The standard InChI is InChI=1S/C13H14BrF2NO/c14-9-4-6-17(7-5-9)13(18)8-10-11(15)2-1-3-12(10)16/h1-3,9H,4-8H2. The first kappa shape index (κ1) is 13.5. The van der Waals surface area contributed by atoms with Gasteiger partial charge >= 0.3 is 0 Å². The lowest BCUT2D eigenvalue weighted by atomic mass is 10.1. The molecular weight excluding hydrogens is 304 g/mol. The van der Waals surface area contributed by atoms with Gasteiger partial charge in [-0.25, -0.2) is 8.78 Å². The van der Waals surface area contributed by atoms with Crippen LogP contribution in [0.3, 0.4) is 0 Å². The number of alkyl halides is 1. The van der Waals surface area contributed by atoms with Crippen molar-refractivity contribution in [1.82, 2.24) is 4.90 Å². The Morgan fingerprint density at radius 2 is 1.83 bits per heavy atom. The van der Waals surface area contributed by atoms with Crippen LogP contribution in [0.15, 0.2) is 18.2 Å². The summed E-state index contributed by atoms with van der Waals surface area (Å²) in [5, 5.41) is 0. The monoisotopic (exact) mass is 317 g/mol. The minimum Gasteiger partial charge on any atom is -0.342 e. The van der Waals surface area contributed by atoms with Gasteiger partial charge in [0.2, 0.25) is 5.91 Å². The Morgan fingerprint density at radius 1 is 1.28 bits per heavy atom. The molecule has 1 saturated heterocycles. The molecule has 2 nitrogen and oxygen atoms in total. The summed E-state index contributed by atoms with van der Waals surface area (Å²) in [5.74, 6) is -1.52. The smallest absolute Gasteiger partial charge is 0.227 e. The Hall–Kier alpha value is -0.970. The summed E-state index contributed by atoms with van der Waals surface area (Å²) in [6, 6.07) is 3.65. The molecule has 0 spiro atoms. The van der Waals surface area contributed by atoms with Crippen LogP contribution in [0.4, 0.5) is 8.78 Å². The van der Waals surface area contributed by atoms with Crippen molar-refractivity contribution < 1.29 is 13.6 Å². The van der Waals surface area contributed by atoms with Crippen LogP contribution >= 0.6 is 15.9 Å². The molecule has 1 aliphatic heterocycles. The molecule has 1 aliphatic rings. The van der Waals surface area contributed by atoms with Gasteiger partial charge < -0.3 is 4.90 Å². The molecule has 1 aromatic rings. The van der Waals surface area contributed by atoms with E-state index in [0.29, 0.717) is 17.9 Å². The van der Waals surface area contributed by atoms with Crippen molar-refractivity contribution in [2.75, 3.05) is 13.1 Å². The lowest BCUT2D eigenvalue weighted by Gasteiger charge is -2.29. The molecule has 0 N–H and O–H groups in total. The number of benzene rings is 1. The van der Waals surface area contributed by atoms with Gasteiger partial charge in [0.25, 0.3) is 0 Å². The van der Waals surface area contributed by atoms with Crippen LogP contribution in [-0.4, -0.2) is 28.7 Å². The van der Waals surface area contributed by atoms with Crippen molar-refractivity contribution >= 4 is 21.8 Å². The minimum absolute atomic E-state index is 0.136. The zero-order chi connectivity index (χ0) is 13.1. The Balaban J connectivity index is 2.03. The Morgan fingerprint density at radius 3 is 2.39 bits per heavy atom. The average Bonchev–Trinajstić information content (AvgIpc) is 2.34. The number of carbonyl (C=O) groups is 1. The third-order valence-corrected chi connectivity index (χ3v) is 4.08. The van der Waals surface area contributed by atoms with Crippen LogP contribution in [0.2, 0.25) is 0 Å². The van der Waals surface area contributed by atoms with E-state index in [4.69, 9.17) is 0 Å². The molecule has 2 rings (SSSR count). The number of hydrogen-bond acceptors (Lipinski definition) is 1. The summed E-state index contributed by atoms with van der Waals surface area (Å²) in [6.07, 6.45) is 1.56. The van der Waals surface area contributed by atoms with E-state index >= 15 is 0 Å². The lowest BCUT2D eigenvalue weighted by molar-refractivity contribution is -0.131. The first-order valence-electron chi connectivity index (χ1n) is 5.92. The van der Waals surface area contributed by atoms with Crippen LogP contribution in [0.5, 0.6) is 0 Å². The zero-order valence-corrected chi connectivity index (χ0v) is 11.4. The molecule has 0 unspecified atom stereocenters. The molecule has 1 aromatic carbocycles. The van der Waals surface area contributed by atoms with Crippen molar-refractivity contribution in [2.45, 2.75) is 24.1 Å². The fourth-order valence-corrected chi connectivity index (χ4v) is 2.47. The van der Waals surface area contributed by atoms with Gasteiger partial charge in [0.15, 0.2) is 0 Å². The summed E-state index contributed by atoms with van der Waals surface area (Å²) in [5.41, 5.74) is -0.136. The quantitative estimate of drug-likeness (QED) is 0.768. The SMILES string of the molecule is O=C(Cc1c(F)cccc1F)N1CCC(Br)CC1. The predicted octanol–water partition coefficient (Wildman–Crippen LogP) is 2.89. The van der Waals surface area contributed by atoms with E-state index in [9.17, 15) is 13.6 Å². The van der Waals surface area contributed by atoms with Gasteiger partial charge in [-0.15, -0.1) is 0 Å². The topological polar surface area (TPSA) is 20.3 Å². The molecule has 0 aromatic heterocycles. The number of piperidine rings is 1. The summed E-state index contributed by atoms with van der Waals surface area (Å²) in [7, 11) is 0. The molecule has 0 aliphatic carbocycles. The van der Waals surface area contributed by atoms with Gasteiger partial charge in [0, 0.05) is 23.5 Å². The van der Waals surface area contributed by atoms with Crippen molar-refractivity contribution in [3.05, 3.63) is 35.4 Å². The van der Waals surface area contributed by atoms with Crippen LogP contribution in [0, 0.1) is 11.6 Å². The molecule has 0 radical (unpaired) electrons. The molecule has 0 atom stereocenters. The molecule has 5 heteroatoms. The van der Waals surface area contributed by atoms with Gasteiger partial charge in [0.05, 0.1) is 6.42 Å². The van der Waals surface area contributed by atoms with E-state index in [1.54, 1.807) is 4.90 Å². The molecule has 0 bridgehead atoms. The highest BCUT2D eigenvalue weighted by Gasteiger charge is 2.23. The lowest BCUT2D eigenvalue weighted by Crippen LogP contribution is -2.39. The first-order chi connectivity index (χ1) is 8.58. The van der Waals surface area contributed by atoms with E-state index < -0.39 is 11.6 Å². The predicted molar refractivity (Wildman–Crippen MR) is 68.6 cm³/mol. The average molecular weight is 318 g/mol. The number of nitrogens with zero attached hydrogens (tertiary/aromatic N) is 1. The third-order valence-electron chi connectivity index (χ3n) is 3.17. The molecule has 0 saturated carbocycles. The van der Waals surface area contributed by atoms with E-state index in [2.05, 4.69) is 15.9 Å². The van der Waals surface area contributed by atoms with Crippen molar-refractivity contribution in [3.8, 4) is 0 Å². The highest BCUT2D eigenvalue weighted by Crippen LogP contribution is 2.19. The Kier molecular flexibility index (Phi) is 4.32. The van der Waals surface area contributed by atoms with Crippen LogP contribution in [0.25, 0.3) is 0 Å². The second kappa shape index (κ2) is 5.78. The fraction of sp³-hybridized carbons (Fsp3) is 0.462. The van der Waals surface area contributed by atoms with Crippen LogP contribution in [-0.2, 0) is 11.2 Å². The van der Waals surface area contributed by atoms with E-state index in [-0.39, 0.29) is 17.9 Å². The molecule has 18 heavy (non-hydrogen) atoms. The maximum Gasteiger partial charge on any atom is 0.227 e. The van der Waals surface area contributed by atoms with Crippen molar-refractivity contribution in [1.29, 1.82) is 0 Å². The molecule has 1 fully saturated rings. The number of amides is 1. The maximum atomic E-state index is 13.4. The molecule has 1 amide bonds. The van der Waals surface area contributed by atoms with Gasteiger partial charge in [-0.1, -0.05) is 22.0 Å². The molecular formula is C13H14BrF2NO. The zero-order valence-electron chi connectivity index (χ0n) is 9.83. The highest BCUT2D eigenvalue weighted by atomic mass is 79.9. The summed E-state index contributed by atoms with van der Waals surface area (Å²) in [6.45, 7) is 1.29. The second-order valence-corrected chi connectivity index (χ2v) is 5.73. The Labute approximate surface area is 113 Å². The second-order valence-electron chi connectivity index (χ2n) is 4.43.